The molecule has 1 aliphatic rings. The third kappa shape index (κ3) is 3.35. The van der Waals surface area contributed by atoms with Crippen LogP contribution in [-0.2, 0) is 16.1 Å². The van der Waals surface area contributed by atoms with Gasteiger partial charge < -0.3 is 15.0 Å². The van der Waals surface area contributed by atoms with Gasteiger partial charge in [0.25, 0.3) is 0 Å². The molecule has 0 bridgehead atoms. The summed E-state index contributed by atoms with van der Waals surface area (Å²) in [7, 11) is 0. The number of nitrogens with zero attached hydrogens (tertiary/aromatic N) is 1. The second kappa shape index (κ2) is 6.19. The van der Waals surface area contributed by atoms with Crippen LogP contribution in [0.1, 0.15) is 38.1 Å². The van der Waals surface area contributed by atoms with Gasteiger partial charge in [0.05, 0.1) is 30.6 Å². The van der Waals surface area contributed by atoms with Crippen LogP contribution in [0.15, 0.2) is 6.33 Å². The van der Waals surface area contributed by atoms with Crippen molar-refractivity contribution < 1.29 is 9.53 Å². The van der Waals surface area contributed by atoms with Crippen LogP contribution in [0, 0.1) is 18.8 Å². The van der Waals surface area contributed by atoms with Crippen LogP contribution in [0.2, 0.25) is 0 Å². The molecule has 2 atom stereocenters. The van der Waals surface area contributed by atoms with Crippen LogP contribution in [0.3, 0.4) is 0 Å². The van der Waals surface area contributed by atoms with E-state index >= 15 is 0 Å². The van der Waals surface area contributed by atoms with Gasteiger partial charge in [-0.15, -0.1) is 0 Å². The Balaban J connectivity index is 1.92. The second-order valence-corrected chi connectivity index (χ2v) is 5.52. The van der Waals surface area contributed by atoms with Gasteiger partial charge in [0.1, 0.15) is 0 Å². The average Bonchev–Trinajstić information content (AvgIpc) is 2.81. The van der Waals surface area contributed by atoms with Gasteiger partial charge in [0.2, 0.25) is 5.91 Å². The molecule has 2 heterocycles. The molecule has 2 N–H and O–H groups in total. The van der Waals surface area contributed by atoms with Crippen LogP contribution >= 0.6 is 0 Å². The summed E-state index contributed by atoms with van der Waals surface area (Å²) in [6.07, 6.45) is 3.56. The molecule has 1 aromatic heterocycles. The predicted molar refractivity (Wildman–Crippen MR) is 72.5 cm³/mol. The molecule has 2 rings (SSSR count). The lowest BCUT2D eigenvalue weighted by atomic mass is 9.87. The van der Waals surface area contributed by atoms with Crippen molar-refractivity contribution in [3.8, 4) is 0 Å². The number of carbonyl (C=O) groups excluding carboxylic acids is 1. The second-order valence-electron chi connectivity index (χ2n) is 5.52. The Hall–Kier alpha value is -1.36. The van der Waals surface area contributed by atoms with E-state index in [2.05, 4.69) is 29.1 Å². The lowest BCUT2D eigenvalue weighted by Gasteiger charge is -2.33. The predicted octanol–water partition coefficient (Wildman–Crippen LogP) is 1.79. The number of rotatable bonds is 4. The van der Waals surface area contributed by atoms with E-state index in [0.29, 0.717) is 12.5 Å². The van der Waals surface area contributed by atoms with Crippen LogP contribution < -0.4 is 5.32 Å². The minimum atomic E-state index is -0.0343. The molecular weight excluding hydrogens is 242 g/mol. The van der Waals surface area contributed by atoms with Gasteiger partial charge in [-0.1, -0.05) is 13.8 Å². The molecule has 0 saturated carbocycles. The first-order valence-corrected chi connectivity index (χ1v) is 6.97. The molecule has 5 heteroatoms. The maximum absolute atomic E-state index is 12.3. The molecule has 1 aliphatic heterocycles. The summed E-state index contributed by atoms with van der Waals surface area (Å²) in [5.41, 5.74) is 1.90. The van der Waals surface area contributed by atoms with E-state index < -0.39 is 0 Å². The van der Waals surface area contributed by atoms with Crippen molar-refractivity contribution in [3.63, 3.8) is 0 Å². The van der Waals surface area contributed by atoms with E-state index in [0.717, 1.165) is 30.8 Å². The van der Waals surface area contributed by atoms with Crippen molar-refractivity contribution in [2.45, 2.75) is 46.3 Å². The lowest BCUT2D eigenvalue weighted by Crippen LogP contribution is -2.43. The Kier molecular flexibility index (Phi) is 4.58. The third-order valence-electron chi connectivity index (χ3n) is 3.72. The highest BCUT2D eigenvalue weighted by atomic mass is 16.5. The molecule has 19 heavy (non-hydrogen) atoms. The first kappa shape index (κ1) is 14.1. The summed E-state index contributed by atoms with van der Waals surface area (Å²) in [6, 6.07) is 0. The zero-order chi connectivity index (χ0) is 13.8. The number of carbonyl (C=O) groups is 1. The van der Waals surface area contributed by atoms with Gasteiger partial charge in [-0.3, -0.25) is 4.79 Å². The first-order chi connectivity index (χ1) is 9.09. The Labute approximate surface area is 114 Å². The molecule has 0 radical (unpaired) electrons. The lowest BCUT2D eigenvalue weighted by molar-refractivity contribution is -0.137. The topological polar surface area (TPSA) is 67.0 Å². The van der Waals surface area contributed by atoms with Crippen LogP contribution in [-0.4, -0.2) is 28.6 Å². The first-order valence-electron chi connectivity index (χ1n) is 6.97. The molecule has 1 fully saturated rings. The summed E-state index contributed by atoms with van der Waals surface area (Å²) in [4.78, 5) is 19.5. The number of hydrogen-bond acceptors (Lipinski definition) is 3. The maximum atomic E-state index is 12.3. The molecular formula is C14H23N3O2. The number of H-pyrrole nitrogens is 1. The average molecular weight is 265 g/mol. The molecule has 1 saturated heterocycles. The van der Waals surface area contributed by atoms with Crippen molar-refractivity contribution in [1.82, 2.24) is 15.3 Å². The Morgan fingerprint density at radius 2 is 2.42 bits per heavy atom. The number of ether oxygens (including phenoxy) is 1. The molecule has 1 amide bonds. The van der Waals surface area contributed by atoms with Crippen molar-refractivity contribution in [3.05, 3.63) is 17.7 Å². The molecule has 106 valence electrons. The van der Waals surface area contributed by atoms with E-state index in [-0.39, 0.29) is 17.9 Å². The van der Waals surface area contributed by atoms with Gasteiger partial charge in [0.15, 0.2) is 0 Å². The fourth-order valence-electron chi connectivity index (χ4n) is 2.61. The van der Waals surface area contributed by atoms with Crippen molar-refractivity contribution >= 4 is 5.91 Å². The molecule has 5 nitrogen and oxygen atoms in total. The van der Waals surface area contributed by atoms with Crippen LogP contribution in [0.25, 0.3) is 0 Å². The van der Waals surface area contributed by atoms with Gasteiger partial charge in [-0.2, -0.15) is 0 Å². The largest absolute Gasteiger partial charge is 0.377 e. The smallest absolute Gasteiger partial charge is 0.226 e. The normalized spacial score (nSPS) is 23.6. The summed E-state index contributed by atoms with van der Waals surface area (Å²) in [5.74, 6) is 0.414. The molecule has 0 unspecified atom stereocenters. The molecule has 0 spiro atoms. The Bertz CT molecular complexity index is 428. The number of aromatic nitrogens is 2. The van der Waals surface area contributed by atoms with Gasteiger partial charge in [0, 0.05) is 12.3 Å². The van der Waals surface area contributed by atoms with Gasteiger partial charge >= 0.3 is 0 Å². The van der Waals surface area contributed by atoms with Crippen molar-refractivity contribution in [2.75, 3.05) is 6.61 Å². The van der Waals surface area contributed by atoms with Crippen molar-refractivity contribution in [1.29, 1.82) is 0 Å². The minimum Gasteiger partial charge on any atom is -0.377 e. The molecule has 1 aromatic rings. The molecule has 0 aliphatic carbocycles. The minimum absolute atomic E-state index is 0.0343. The highest BCUT2D eigenvalue weighted by Crippen LogP contribution is 2.26. The fraction of sp³-hybridized carbons (Fsp3) is 0.714. The summed E-state index contributed by atoms with van der Waals surface area (Å²) < 4.78 is 5.75. The van der Waals surface area contributed by atoms with Crippen LogP contribution in [0.4, 0.5) is 0 Å². The summed E-state index contributed by atoms with van der Waals surface area (Å²) in [5, 5.41) is 2.98. The SMILES string of the molecule is Cc1[nH]cnc1CNC(=O)[C@H]1CCCO[C@@H]1C(C)C. The summed E-state index contributed by atoms with van der Waals surface area (Å²) >= 11 is 0. The summed E-state index contributed by atoms with van der Waals surface area (Å²) in [6.45, 7) is 7.41. The number of aryl methyl sites for hydroxylation is 1. The van der Waals surface area contributed by atoms with Crippen molar-refractivity contribution in [2.24, 2.45) is 11.8 Å². The number of imidazole rings is 1. The monoisotopic (exact) mass is 265 g/mol. The van der Waals surface area contributed by atoms with Gasteiger partial charge in [-0.05, 0) is 25.7 Å². The van der Waals surface area contributed by atoms with E-state index in [9.17, 15) is 4.79 Å². The van der Waals surface area contributed by atoms with E-state index in [1.165, 1.54) is 0 Å². The quantitative estimate of drug-likeness (QED) is 0.872. The maximum Gasteiger partial charge on any atom is 0.226 e. The number of aromatic amines is 1. The zero-order valence-electron chi connectivity index (χ0n) is 11.9. The third-order valence-corrected chi connectivity index (χ3v) is 3.72. The van der Waals surface area contributed by atoms with E-state index in [1.807, 2.05) is 6.92 Å². The highest BCUT2D eigenvalue weighted by Gasteiger charge is 2.33. The molecule has 0 aromatic carbocycles. The number of amides is 1. The number of nitrogens with one attached hydrogen (secondary N) is 2. The highest BCUT2D eigenvalue weighted by molar-refractivity contribution is 5.79. The number of hydrogen-bond donors (Lipinski definition) is 2. The Morgan fingerprint density at radius 3 is 3.05 bits per heavy atom. The van der Waals surface area contributed by atoms with E-state index in [4.69, 9.17) is 4.74 Å². The fourth-order valence-corrected chi connectivity index (χ4v) is 2.61. The van der Waals surface area contributed by atoms with Gasteiger partial charge in [-0.25, -0.2) is 4.98 Å². The standard InChI is InChI=1S/C14H23N3O2/c1-9(2)13-11(5-4-6-19-13)14(18)15-7-12-10(3)16-8-17-12/h8-9,11,13H,4-7H2,1-3H3,(H,15,18)(H,16,17)/t11-,13+/m0/s1. The zero-order valence-corrected chi connectivity index (χ0v) is 11.9. The van der Waals surface area contributed by atoms with Crippen LogP contribution in [0.5, 0.6) is 0 Å². The van der Waals surface area contributed by atoms with E-state index in [1.54, 1.807) is 6.33 Å². The Morgan fingerprint density at radius 1 is 1.63 bits per heavy atom.